The number of hydrogen-bond donors (Lipinski definition) is 1. The van der Waals surface area contributed by atoms with Gasteiger partial charge in [-0.25, -0.2) is 0 Å². The highest BCUT2D eigenvalue weighted by molar-refractivity contribution is 6.42. The highest BCUT2D eigenvalue weighted by Crippen LogP contribution is 2.36. The molecule has 0 heterocycles. The van der Waals surface area contributed by atoms with Gasteiger partial charge in [0.1, 0.15) is 19.0 Å². The van der Waals surface area contributed by atoms with Gasteiger partial charge >= 0.3 is 0 Å². The summed E-state index contributed by atoms with van der Waals surface area (Å²) in [7, 11) is 0. The molecule has 1 saturated carbocycles. The molecule has 0 aromatic heterocycles. The molecule has 7 aromatic carbocycles. The number of rotatable bonds is 17. The van der Waals surface area contributed by atoms with Gasteiger partial charge < -0.3 is 19.7 Å². The number of ether oxygens (including phenoxy) is 2. The van der Waals surface area contributed by atoms with E-state index in [2.05, 4.69) is 84.2 Å². The Morgan fingerprint density at radius 1 is 0.733 bits per heavy atom. The minimum absolute atomic E-state index is 0.106. The van der Waals surface area contributed by atoms with Crippen molar-refractivity contribution < 1.29 is 14.3 Å². The lowest BCUT2D eigenvalue weighted by Crippen LogP contribution is -2.42. The molecule has 5 nitrogen and oxygen atoms in total. The number of carbonyl (C=O) groups is 1. The third-order valence-electron chi connectivity index (χ3n) is 11.2. The van der Waals surface area contributed by atoms with E-state index in [1.165, 1.54) is 38.2 Å². The number of aryl methyl sites for hydroxylation is 1. The number of carbonyl (C=O) groups excluding carboxylic acids is 1. The molecule has 0 aliphatic heterocycles. The van der Waals surface area contributed by atoms with E-state index < -0.39 is 0 Å². The minimum Gasteiger partial charge on any atom is -0.490 e. The van der Waals surface area contributed by atoms with Crippen molar-refractivity contribution in [3.05, 3.63) is 176 Å². The number of fused-ring (bicyclic) bond motifs is 2. The SMILES string of the molecule is Cc1cc(Cl)c(OCCOc2ccc(CC(CNCCc3c(-c4ccc5ccccc5c4)ccc4ccccc34)C(=O)N(Cc3cccc(Cl)c3Cl)C3CC3)cc2)c(Cl)c1. The molecule has 1 aliphatic carbocycles. The van der Waals surface area contributed by atoms with Crippen LogP contribution in [0, 0.1) is 12.8 Å². The zero-order valence-corrected chi connectivity index (χ0v) is 36.4. The topological polar surface area (TPSA) is 50.8 Å². The number of amides is 1. The zero-order chi connectivity index (χ0) is 41.6. The third kappa shape index (κ3) is 10.1. The Morgan fingerprint density at radius 2 is 1.43 bits per heavy atom. The summed E-state index contributed by atoms with van der Waals surface area (Å²) in [6, 6.07) is 45.6. The normalized spacial score (nSPS) is 13.1. The first-order chi connectivity index (χ1) is 29.2. The van der Waals surface area contributed by atoms with Crippen LogP contribution in [0.2, 0.25) is 20.1 Å². The van der Waals surface area contributed by atoms with Crippen molar-refractivity contribution in [3.8, 4) is 22.6 Å². The first-order valence-electron chi connectivity index (χ1n) is 20.5. The van der Waals surface area contributed by atoms with Crippen molar-refractivity contribution in [1.82, 2.24) is 10.2 Å². The van der Waals surface area contributed by atoms with Gasteiger partial charge in [0.25, 0.3) is 0 Å². The molecule has 60 heavy (non-hydrogen) atoms. The predicted molar refractivity (Wildman–Crippen MR) is 249 cm³/mol. The van der Waals surface area contributed by atoms with Crippen LogP contribution < -0.4 is 14.8 Å². The summed E-state index contributed by atoms with van der Waals surface area (Å²) in [6.45, 7) is 4.16. The molecule has 1 unspecified atom stereocenters. The summed E-state index contributed by atoms with van der Waals surface area (Å²) in [5, 5.41) is 10.5. The summed E-state index contributed by atoms with van der Waals surface area (Å²) >= 11 is 25.8. The van der Waals surface area contributed by atoms with Crippen LogP contribution in [0.25, 0.3) is 32.7 Å². The molecule has 1 N–H and O–H groups in total. The maximum Gasteiger partial charge on any atom is 0.227 e. The van der Waals surface area contributed by atoms with Crippen molar-refractivity contribution >= 4 is 73.9 Å². The lowest BCUT2D eigenvalue weighted by Gasteiger charge is -2.28. The number of hydrogen-bond acceptors (Lipinski definition) is 4. The Balaban J connectivity index is 0.981. The number of halogens is 4. The zero-order valence-electron chi connectivity index (χ0n) is 33.4. The monoisotopic (exact) mass is 874 g/mol. The molecule has 9 heteroatoms. The number of nitrogens with zero attached hydrogens (tertiary/aromatic N) is 1. The molecule has 1 amide bonds. The van der Waals surface area contributed by atoms with Crippen molar-refractivity contribution in [1.29, 1.82) is 0 Å². The van der Waals surface area contributed by atoms with Crippen LogP contribution in [0.4, 0.5) is 0 Å². The summed E-state index contributed by atoms with van der Waals surface area (Å²) in [5.41, 5.74) is 6.57. The molecule has 1 aliphatic rings. The van der Waals surface area contributed by atoms with Crippen LogP contribution in [-0.4, -0.2) is 43.2 Å². The van der Waals surface area contributed by atoms with Gasteiger partial charge in [0.05, 0.1) is 26.0 Å². The van der Waals surface area contributed by atoms with Gasteiger partial charge in [0, 0.05) is 19.1 Å². The first kappa shape index (κ1) is 42.0. The molecule has 1 atom stereocenters. The van der Waals surface area contributed by atoms with Crippen LogP contribution in [0.1, 0.15) is 35.1 Å². The standard InChI is InChI=1S/C51H46Cl4N2O3/c1-33-27-47(53)50(48(54)28-33)60-26-25-59-42-20-13-34(14-21-42)29-40(51(58)57(41-18-19-41)32-39-10-6-12-46(52)49(39)55)31-56-24-23-45-43-11-5-4-8-36(43)17-22-44(45)38-16-15-35-7-2-3-9-37(35)30-38/h2-17,20-22,27-28,30,40-41,56H,18-19,23-26,29,31-32H2,1H3. The highest BCUT2D eigenvalue weighted by Gasteiger charge is 2.36. The lowest BCUT2D eigenvalue weighted by molar-refractivity contribution is -0.136. The van der Waals surface area contributed by atoms with E-state index in [9.17, 15) is 4.79 Å². The van der Waals surface area contributed by atoms with Crippen LogP contribution >= 0.6 is 46.4 Å². The molecule has 7 aromatic rings. The van der Waals surface area contributed by atoms with Crippen molar-refractivity contribution in [2.45, 2.75) is 45.2 Å². The molecule has 0 radical (unpaired) electrons. The molecule has 8 rings (SSSR count). The molecule has 1 fully saturated rings. The third-order valence-corrected chi connectivity index (χ3v) is 12.6. The predicted octanol–water partition coefficient (Wildman–Crippen LogP) is 13.2. The molecular weight excluding hydrogens is 830 g/mol. The van der Waals surface area contributed by atoms with Crippen LogP contribution in [0.15, 0.2) is 133 Å². The van der Waals surface area contributed by atoms with Gasteiger partial charge in [-0.2, -0.15) is 0 Å². The van der Waals surface area contributed by atoms with Crippen LogP contribution in [0.5, 0.6) is 11.5 Å². The van der Waals surface area contributed by atoms with Gasteiger partial charge in [-0.15, -0.1) is 0 Å². The van der Waals surface area contributed by atoms with Crippen molar-refractivity contribution in [3.63, 3.8) is 0 Å². The first-order valence-corrected chi connectivity index (χ1v) is 22.0. The van der Waals surface area contributed by atoms with E-state index in [1.54, 1.807) is 6.07 Å². The smallest absolute Gasteiger partial charge is 0.227 e. The Labute approximate surface area is 372 Å². The van der Waals surface area contributed by atoms with Gasteiger partial charge in [0.15, 0.2) is 5.75 Å². The summed E-state index contributed by atoms with van der Waals surface area (Å²) in [4.78, 5) is 16.7. The maximum atomic E-state index is 14.7. The summed E-state index contributed by atoms with van der Waals surface area (Å²) in [6.07, 6.45) is 3.30. The number of nitrogens with one attached hydrogen (secondary N) is 1. The van der Waals surface area contributed by atoms with Crippen LogP contribution in [-0.2, 0) is 24.2 Å². The van der Waals surface area contributed by atoms with Gasteiger partial charge in [-0.05, 0) is 130 Å². The number of benzene rings is 7. The maximum absolute atomic E-state index is 14.7. The quantitative estimate of drug-likeness (QED) is 0.0926. The van der Waals surface area contributed by atoms with E-state index in [4.69, 9.17) is 55.9 Å². The molecular formula is C51H46Cl4N2O3. The second-order valence-corrected chi connectivity index (χ2v) is 17.1. The van der Waals surface area contributed by atoms with Crippen molar-refractivity contribution in [2.24, 2.45) is 5.92 Å². The fourth-order valence-electron chi connectivity index (χ4n) is 7.96. The molecule has 0 spiro atoms. The summed E-state index contributed by atoms with van der Waals surface area (Å²) in [5.74, 6) is 0.943. The van der Waals surface area contributed by atoms with E-state index in [-0.39, 0.29) is 24.5 Å². The second kappa shape index (κ2) is 19.3. The average molecular weight is 877 g/mol. The Kier molecular flexibility index (Phi) is 13.5. The Hall–Kier alpha value is -4.75. The summed E-state index contributed by atoms with van der Waals surface area (Å²) < 4.78 is 11.8. The van der Waals surface area contributed by atoms with E-state index >= 15 is 0 Å². The molecule has 0 saturated heterocycles. The van der Waals surface area contributed by atoms with E-state index in [0.717, 1.165) is 36.0 Å². The fraction of sp³-hybridized carbons (Fsp3) is 0.235. The largest absolute Gasteiger partial charge is 0.490 e. The van der Waals surface area contributed by atoms with Gasteiger partial charge in [-0.3, -0.25) is 4.79 Å². The van der Waals surface area contributed by atoms with Crippen molar-refractivity contribution in [2.75, 3.05) is 26.3 Å². The minimum atomic E-state index is -0.319. The van der Waals surface area contributed by atoms with Crippen LogP contribution in [0.3, 0.4) is 0 Å². The molecule has 0 bridgehead atoms. The van der Waals surface area contributed by atoms with E-state index in [1.807, 2.05) is 60.4 Å². The second-order valence-electron chi connectivity index (χ2n) is 15.5. The van der Waals surface area contributed by atoms with Gasteiger partial charge in [-0.1, -0.05) is 143 Å². The Bertz CT molecular complexity index is 2600. The Morgan fingerprint density at radius 3 is 2.20 bits per heavy atom. The van der Waals surface area contributed by atoms with E-state index in [0.29, 0.717) is 64.3 Å². The average Bonchev–Trinajstić information content (AvgIpc) is 4.10. The van der Waals surface area contributed by atoms with Gasteiger partial charge in [0.2, 0.25) is 5.91 Å². The lowest BCUT2D eigenvalue weighted by atomic mass is 9.91. The highest BCUT2D eigenvalue weighted by atomic mass is 35.5. The fourth-order valence-corrected chi connectivity index (χ4v) is 9.05. The molecule has 306 valence electrons.